The fourth-order valence-corrected chi connectivity index (χ4v) is 5.69. The number of hydrogen-bond acceptors (Lipinski definition) is 6. The average molecular weight is 478 g/mol. The Balaban J connectivity index is 1.23. The SMILES string of the molecule is CC(=O)NC[C@H]1CN(c2cc(F)c(N3C[C@@H]4C(C(=O)N5CCC[C@H]5CO)[C@@H]4C3)c(F)c2)C(=O)O1. The van der Waals surface area contributed by atoms with Crippen molar-refractivity contribution in [3.05, 3.63) is 23.8 Å². The van der Waals surface area contributed by atoms with Crippen LogP contribution >= 0.6 is 0 Å². The van der Waals surface area contributed by atoms with Crippen LogP contribution in [0.25, 0.3) is 0 Å². The number of aliphatic hydroxyl groups excluding tert-OH is 1. The summed E-state index contributed by atoms with van der Waals surface area (Å²) in [6.07, 6.45) is 0.349. The Kier molecular flexibility index (Phi) is 5.83. The fraction of sp³-hybridized carbons (Fsp3) is 0.609. The molecule has 1 aromatic carbocycles. The molecule has 1 unspecified atom stereocenters. The van der Waals surface area contributed by atoms with Crippen molar-refractivity contribution >= 4 is 29.3 Å². The molecule has 0 aromatic heterocycles. The monoisotopic (exact) mass is 478 g/mol. The van der Waals surface area contributed by atoms with Crippen LogP contribution in [0.15, 0.2) is 12.1 Å². The van der Waals surface area contributed by atoms with Crippen LogP contribution in [-0.2, 0) is 14.3 Å². The van der Waals surface area contributed by atoms with Gasteiger partial charge in [-0.1, -0.05) is 0 Å². The number of amides is 3. The van der Waals surface area contributed by atoms with Crippen molar-refractivity contribution in [2.24, 2.45) is 17.8 Å². The van der Waals surface area contributed by atoms with Crippen LogP contribution < -0.4 is 15.1 Å². The number of anilines is 2. The van der Waals surface area contributed by atoms with Crippen LogP contribution in [0.5, 0.6) is 0 Å². The summed E-state index contributed by atoms with van der Waals surface area (Å²) in [6.45, 7) is 2.91. The second-order valence-electron chi connectivity index (χ2n) is 9.58. The van der Waals surface area contributed by atoms with Crippen molar-refractivity contribution in [3.8, 4) is 0 Å². The van der Waals surface area contributed by atoms with Crippen LogP contribution in [0.2, 0.25) is 0 Å². The van der Waals surface area contributed by atoms with E-state index in [0.29, 0.717) is 19.6 Å². The van der Waals surface area contributed by atoms with E-state index in [0.717, 1.165) is 29.9 Å². The quantitative estimate of drug-likeness (QED) is 0.635. The van der Waals surface area contributed by atoms with E-state index in [1.54, 1.807) is 9.80 Å². The number of carbonyl (C=O) groups excluding carboxylic acids is 3. The fourth-order valence-electron chi connectivity index (χ4n) is 5.69. The zero-order valence-electron chi connectivity index (χ0n) is 18.9. The molecular weight excluding hydrogens is 450 g/mol. The van der Waals surface area contributed by atoms with Crippen LogP contribution in [0.3, 0.4) is 0 Å². The van der Waals surface area contributed by atoms with Crippen LogP contribution in [0.1, 0.15) is 19.8 Å². The van der Waals surface area contributed by atoms with Crippen LogP contribution in [0.4, 0.5) is 25.0 Å². The molecule has 4 aliphatic rings. The lowest BCUT2D eigenvalue weighted by molar-refractivity contribution is -0.134. The maximum Gasteiger partial charge on any atom is 0.414 e. The van der Waals surface area contributed by atoms with Crippen molar-refractivity contribution in [2.45, 2.75) is 31.9 Å². The van der Waals surface area contributed by atoms with E-state index in [-0.39, 0.29) is 66.7 Å². The minimum absolute atomic E-state index is 0.0404. The van der Waals surface area contributed by atoms with Gasteiger partial charge in [-0.3, -0.25) is 14.5 Å². The summed E-state index contributed by atoms with van der Waals surface area (Å²) in [5.74, 6) is -1.83. The molecule has 34 heavy (non-hydrogen) atoms. The third-order valence-corrected chi connectivity index (χ3v) is 7.43. The molecule has 3 saturated heterocycles. The molecule has 184 valence electrons. The van der Waals surface area contributed by atoms with Gasteiger partial charge in [-0.2, -0.15) is 0 Å². The number of hydrogen-bond donors (Lipinski definition) is 2. The van der Waals surface area contributed by atoms with E-state index in [9.17, 15) is 19.5 Å². The van der Waals surface area contributed by atoms with Crippen molar-refractivity contribution in [2.75, 3.05) is 49.1 Å². The summed E-state index contributed by atoms with van der Waals surface area (Å²) >= 11 is 0. The zero-order chi connectivity index (χ0) is 24.1. The summed E-state index contributed by atoms with van der Waals surface area (Å²) in [4.78, 5) is 40.7. The maximum absolute atomic E-state index is 15.0. The Morgan fingerprint density at radius 2 is 1.85 bits per heavy atom. The van der Waals surface area contributed by atoms with Crippen molar-refractivity contribution < 1.29 is 33.0 Å². The van der Waals surface area contributed by atoms with Gasteiger partial charge in [0.25, 0.3) is 0 Å². The molecule has 4 fully saturated rings. The van der Waals surface area contributed by atoms with E-state index in [1.807, 2.05) is 0 Å². The minimum Gasteiger partial charge on any atom is -0.442 e. The van der Waals surface area contributed by atoms with E-state index >= 15 is 8.78 Å². The topological polar surface area (TPSA) is 102 Å². The van der Waals surface area contributed by atoms with Gasteiger partial charge in [-0.05, 0) is 24.7 Å². The van der Waals surface area contributed by atoms with E-state index in [2.05, 4.69) is 5.32 Å². The predicted molar refractivity (Wildman–Crippen MR) is 117 cm³/mol. The molecule has 2 N–H and O–H groups in total. The Labute approximate surface area is 195 Å². The average Bonchev–Trinajstić information content (AvgIpc) is 3.20. The Hall–Kier alpha value is -2.95. The molecular formula is C23H28F2N4O5. The van der Waals surface area contributed by atoms with Crippen LogP contribution in [0, 0.1) is 29.4 Å². The van der Waals surface area contributed by atoms with Gasteiger partial charge in [0.15, 0.2) is 11.6 Å². The van der Waals surface area contributed by atoms with E-state index < -0.39 is 23.8 Å². The maximum atomic E-state index is 15.0. The van der Waals surface area contributed by atoms with Gasteiger partial charge in [0.2, 0.25) is 11.8 Å². The molecule has 3 amide bonds. The van der Waals surface area contributed by atoms with Gasteiger partial charge in [0, 0.05) is 44.6 Å². The number of benzene rings is 1. The van der Waals surface area contributed by atoms with Crippen molar-refractivity contribution in [1.29, 1.82) is 0 Å². The first-order chi connectivity index (χ1) is 16.3. The lowest BCUT2D eigenvalue weighted by Gasteiger charge is -2.27. The second kappa shape index (κ2) is 8.68. The van der Waals surface area contributed by atoms with Crippen LogP contribution in [-0.4, -0.2) is 79.4 Å². The number of nitrogens with zero attached hydrogens (tertiary/aromatic N) is 3. The molecule has 5 atom stereocenters. The highest BCUT2D eigenvalue weighted by Gasteiger charge is 2.61. The molecule has 9 nitrogen and oxygen atoms in total. The first-order valence-corrected chi connectivity index (χ1v) is 11.7. The molecule has 1 saturated carbocycles. The predicted octanol–water partition coefficient (Wildman–Crippen LogP) is 1.09. The third kappa shape index (κ3) is 3.95. The Morgan fingerprint density at radius 1 is 1.18 bits per heavy atom. The summed E-state index contributed by atoms with van der Waals surface area (Å²) in [5.41, 5.74) is -0.102. The number of cyclic esters (lactones) is 1. The van der Waals surface area contributed by atoms with Gasteiger partial charge in [0.1, 0.15) is 11.8 Å². The van der Waals surface area contributed by atoms with Gasteiger partial charge in [0.05, 0.1) is 31.4 Å². The molecule has 0 spiro atoms. The summed E-state index contributed by atoms with van der Waals surface area (Å²) in [6, 6.07) is 2.11. The molecule has 3 heterocycles. The molecule has 5 rings (SSSR count). The molecule has 0 bridgehead atoms. The molecule has 1 aromatic rings. The largest absolute Gasteiger partial charge is 0.442 e. The number of carbonyl (C=O) groups is 3. The molecule has 1 aliphatic carbocycles. The highest BCUT2D eigenvalue weighted by Crippen LogP contribution is 2.54. The molecule has 0 radical (unpaired) electrons. The lowest BCUT2D eigenvalue weighted by Crippen LogP contribution is -2.40. The van der Waals surface area contributed by atoms with Gasteiger partial charge < -0.3 is 25.0 Å². The first kappa shape index (κ1) is 22.8. The normalized spacial score (nSPS) is 29.9. The van der Waals surface area contributed by atoms with Crippen molar-refractivity contribution in [3.63, 3.8) is 0 Å². The van der Waals surface area contributed by atoms with Gasteiger partial charge in [-0.25, -0.2) is 13.6 Å². The summed E-state index contributed by atoms with van der Waals surface area (Å²) < 4.78 is 35.2. The first-order valence-electron chi connectivity index (χ1n) is 11.7. The third-order valence-electron chi connectivity index (χ3n) is 7.43. The number of rotatable bonds is 6. The highest BCUT2D eigenvalue weighted by atomic mass is 19.1. The second-order valence-corrected chi connectivity index (χ2v) is 9.58. The zero-order valence-corrected chi connectivity index (χ0v) is 18.9. The van der Waals surface area contributed by atoms with E-state index in [1.165, 1.54) is 6.92 Å². The lowest BCUT2D eigenvalue weighted by atomic mass is 10.1. The Bertz CT molecular complexity index is 988. The van der Waals surface area contributed by atoms with Gasteiger partial charge in [-0.15, -0.1) is 0 Å². The number of ether oxygens (including phenoxy) is 1. The molecule has 11 heteroatoms. The van der Waals surface area contributed by atoms with E-state index in [4.69, 9.17) is 4.74 Å². The number of likely N-dealkylation sites (tertiary alicyclic amines) is 1. The number of piperidine rings is 1. The number of aliphatic hydroxyl groups is 1. The number of nitrogens with one attached hydrogen (secondary N) is 1. The Morgan fingerprint density at radius 3 is 2.47 bits per heavy atom. The smallest absolute Gasteiger partial charge is 0.414 e. The van der Waals surface area contributed by atoms with Crippen molar-refractivity contribution in [1.82, 2.24) is 10.2 Å². The summed E-state index contributed by atoms with van der Waals surface area (Å²) in [7, 11) is 0. The number of fused-ring (bicyclic) bond motifs is 1. The summed E-state index contributed by atoms with van der Waals surface area (Å²) in [5, 5.41) is 12.0. The van der Waals surface area contributed by atoms with Gasteiger partial charge >= 0.3 is 6.09 Å². The standard InChI is InChI=1S/C23H28F2N4O5/c1-12(31)26-7-15-8-29(23(33)34-15)14-5-18(24)21(19(25)6-14)27-9-16-17(10-27)20(16)22(32)28-4-2-3-13(28)11-30/h5-6,13,15-17,20,30H,2-4,7-11H2,1H3,(H,26,31)/t13-,15-,16-,17+,20?/m0/s1. The molecule has 3 aliphatic heterocycles. The highest BCUT2D eigenvalue weighted by molar-refractivity contribution is 5.90. The number of halogens is 2. The minimum atomic E-state index is -0.780.